The fourth-order valence-corrected chi connectivity index (χ4v) is 12.1. The Bertz CT molecular complexity index is 1020. The minimum absolute atomic E-state index is 0.0141. The van der Waals surface area contributed by atoms with Crippen LogP contribution in [0.15, 0.2) is 53.4 Å². The number of benzene rings is 2. The Kier molecular flexibility index (Phi) is 11.5. The molecule has 2 rings (SSSR count). The summed E-state index contributed by atoms with van der Waals surface area (Å²) in [6, 6.07) is 14.3. The smallest absolute Gasteiger partial charge is 0.200 e. The number of hydrogen-bond acceptors (Lipinski definition) is 6. The van der Waals surface area contributed by atoms with E-state index in [0.29, 0.717) is 52.7 Å². The minimum atomic E-state index is -3.42. The van der Waals surface area contributed by atoms with Crippen molar-refractivity contribution < 1.29 is 27.1 Å². The number of methoxy groups -OCH3 is 2. The van der Waals surface area contributed by atoms with Gasteiger partial charge in [-0.25, -0.2) is 8.42 Å². The molecule has 0 saturated heterocycles. The highest BCUT2D eigenvalue weighted by Gasteiger charge is 2.46. The Hall–Kier alpha value is -1.87. The molecule has 2 aromatic carbocycles. The third-order valence-corrected chi connectivity index (χ3v) is 14.8. The van der Waals surface area contributed by atoms with Gasteiger partial charge in [0.05, 0.1) is 44.2 Å². The van der Waals surface area contributed by atoms with Crippen LogP contribution in [-0.4, -0.2) is 49.4 Å². The minimum Gasteiger partial charge on any atom is -0.493 e. The van der Waals surface area contributed by atoms with Crippen molar-refractivity contribution in [3.8, 4) is 11.5 Å². The zero-order chi connectivity index (χ0) is 26.9. The monoisotopic (exact) mass is 536 g/mol. The molecule has 0 radical (unpaired) electrons. The molecule has 0 fully saturated rings. The molecule has 0 amide bonds. The topological polar surface area (TPSA) is 71.1 Å². The maximum absolute atomic E-state index is 13.0. The average molecular weight is 537 g/mol. The first kappa shape index (κ1) is 30.4. The second-order valence-electron chi connectivity index (χ2n) is 10.2. The van der Waals surface area contributed by atoms with E-state index in [0.717, 1.165) is 5.56 Å². The van der Waals surface area contributed by atoms with E-state index in [-0.39, 0.29) is 11.9 Å². The van der Waals surface area contributed by atoms with Crippen LogP contribution in [-0.2, 0) is 25.6 Å². The van der Waals surface area contributed by atoms with Crippen molar-refractivity contribution in [1.29, 1.82) is 0 Å². The standard InChI is InChI=1S/C28H44O6SSi/c1-21(2)36(22(3)4,23(5)6)34-25(16-17-35(29,30)26-12-10-9-11-13-26)20-33-19-24-14-15-27(31-7)28(18-24)32-8/h9-15,18,21-23,25H,16-17,19-20H2,1-8H3/t25-/m0/s1. The second-order valence-corrected chi connectivity index (χ2v) is 17.7. The number of sulfone groups is 1. The van der Waals surface area contributed by atoms with Crippen LogP contribution in [0, 0.1) is 0 Å². The van der Waals surface area contributed by atoms with Gasteiger partial charge in [0.25, 0.3) is 0 Å². The molecule has 0 N–H and O–H groups in total. The number of hydrogen-bond donors (Lipinski definition) is 0. The Labute approximate surface area is 219 Å². The SMILES string of the molecule is COc1ccc(COC[C@H](CCS(=O)(=O)c2ccccc2)O[Si](C(C)C)(C(C)C)C(C)C)cc1OC. The first-order valence-corrected chi connectivity index (χ1v) is 16.5. The molecule has 0 saturated carbocycles. The molecule has 0 aliphatic heterocycles. The summed E-state index contributed by atoms with van der Waals surface area (Å²) in [5.74, 6) is 1.32. The fraction of sp³-hybridized carbons (Fsp3) is 0.571. The molecule has 2 aromatic rings. The van der Waals surface area contributed by atoms with Crippen molar-refractivity contribution in [2.24, 2.45) is 0 Å². The van der Waals surface area contributed by atoms with Crippen molar-refractivity contribution in [2.75, 3.05) is 26.6 Å². The molecule has 0 bridgehead atoms. The number of ether oxygens (including phenoxy) is 3. The van der Waals surface area contributed by atoms with E-state index < -0.39 is 18.2 Å². The summed E-state index contributed by atoms with van der Waals surface area (Å²) >= 11 is 0. The van der Waals surface area contributed by atoms with Crippen LogP contribution in [0.2, 0.25) is 16.6 Å². The summed E-state index contributed by atoms with van der Waals surface area (Å²) in [5, 5.41) is 0. The molecule has 0 spiro atoms. The molecule has 202 valence electrons. The molecule has 8 heteroatoms. The quantitative estimate of drug-likeness (QED) is 0.238. The Morgan fingerprint density at radius 3 is 1.92 bits per heavy atom. The molecular formula is C28H44O6SSi. The van der Waals surface area contributed by atoms with Gasteiger partial charge < -0.3 is 18.6 Å². The van der Waals surface area contributed by atoms with Gasteiger partial charge in [-0.1, -0.05) is 65.8 Å². The van der Waals surface area contributed by atoms with E-state index in [1.807, 2.05) is 24.3 Å². The lowest BCUT2D eigenvalue weighted by Gasteiger charge is -2.44. The Morgan fingerprint density at radius 2 is 1.39 bits per heavy atom. The van der Waals surface area contributed by atoms with Crippen LogP contribution in [0.3, 0.4) is 0 Å². The van der Waals surface area contributed by atoms with Crippen LogP contribution in [0.4, 0.5) is 0 Å². The first-order valence-electron chi connectivity index (χ1n) is 12.7. The van der Waals surface area contributed by atoms with Crippen molar-refractivity contribution in [3.05, 3.63) is 54.1 Å². The molecule has 0 heterocycles. The van der Waals surface area contributed by atoms with Crippen molar-refractivity contribution in [1.82, 2.24) is 0 Å². The van der Waals surface area contributed by atoms with Gasteiger partial charge in [-0.2, -0.15) is 0 Å². The first-order chi connectivity index (χ1) is 17.0. The highest BCUT2D eigenvalue weighted by Crippen LogP contribution is 2.43. The predicted octanol–water partition coefficient (Wildman–Crippen LogP) is 6.65. The van der Waals surface area contributed by atoms with Gasteiger partial charge in [-0.15, -0.1) is 0 Å². The lowest BCUT2D eigenvalue weighted by Crippen LogP contribution is -2.51. The summed E-state index contributed by atoms with van der Waals surface area (Å²) in [6.45, 7) is 14.1. The average Bonchev–Trinajstić information content (AvgIpc) is 2.85. The third-order valence-electron chi connectivity index (χ3n) is 6.91. The maximum atomic E-state index is 13.0. The van der Waals surface area contributed by atoms with E-state index >= 15 is 0 Å². The zero-order valence-corrected chi connectivity index (χ0v) is 24.9. The third kappa shape index (κ3) is 7.57. The van der Waals surface area contributed by atoms with Crippen molar-refractivity contribution in [2.45, 2.75) is 82.2 Å². The van der Waals surface area contributed by atoms with Crippen molar-refractivity contribution >= 4 is 18.2 Å². The van der Waals surface area contributed by atoms with Crippen LogP contribution >= 0.6 is 0 Å². The van der Waals surface area contributed by atoms with Gasteiger partial charge in [-0.3, -0.25) is 0 Å². The molecule has 6 nitrogen and oxygen atoms in total. The van der Waals surface area contributed by atoms with E-state index in [9.17, 15) is 8.42 Å². The van der Waals surface area contributed by atoms with Gasteiger partial charge in [-0.05, 0) is 52.9 Å². The summed E-state index contributed by atoms with van der Waals surface area (Å²) in [4.78, 5) is 0.343. The summed E-state index contributed by atoms with van der Waals surface area (Å²) < 4.78 is 49.9. The van der Waals surface area contributed by atoms with Gasteiger partial charge in [0.2, 0.25) is 8.32 Å². The Morgan fingerprint density at radius 1 is 0.806 bits per heavy atom. The summed E-state index contributed by atoms with van der Waals surface area (Å²) in [6.07, 6.45) is 0.0619. The van der Waals surface area contributed by atoms with Crippen LogP contribution in [0.5, 0.6) is 11.5 Å². The van der Waals surface area contributed by atoms with E-state index in [2.05, 4.69) is 41.5 Å². The van der Waals surface area contributed by atoms with E-state index in [1.54, 1.807) is 38.5 Å². The lowest BCUT2D eigenvalue weighted by atomic mass is 10.2. The molecule has 1 atom stereocenters. The van der Waals surface area contributed by atoms with Gasteiger partial charge >= 0.3 is 0 Å². The number of rotatable bonds is 15. The van der Waals surface area contributed by atoms with Gasteiger partial charge in [0.1, 0.15) is 0 Å². The van der Waals surface area contributed by atoms with Crippen LogP contribution < -0.4 is 9.47 Å². The zero-order valence-electron chi connectivity index (χ0n) is 23.1. The van der Waals surface area contributed by atoms with E-state index in [4.69, 9.17) is 18.6 Å². The van der Waals surface area contributed by atoms with Crippen molar-refractivity contribution in [3.63, 3.8) is 0 Å². The second kappa shape index (κ2) is 13.6. The predicted molar refractivity (Wildman–Crippen MR) is 148 cm³/mol. The molecule has 0 aliphatic carbocycles. The maximum Gasteiger partial charge on any atom is 0.200 e. The van der Waals surface area contributed by atoms with Gasteiger partial charge in [0.15, 0.2) is 21.3 Å². The largest absolute Gasteiger partial charge is 0.493 e. The molecule has 0 unspecified atom stereocenters. The highest BCUT2D eigenvalue weighted by molar-refractivity contribution is 7.91. The lowest BCUT2D eigenvalue weighted by molar-refractivity contribution is 0.0311. The normalized spacial score (nSPS) is 13.4. The van der Waals surface area contributed by atoms with E-state index in [1.165, 1.54) is 0 Å². The Balaban J connectivity index is 2.22. The molecule has 36 heavy (non-hydrogen) atoms. The van der Waals surface area contributed by atoms with Crippen LogP contribution in [0.1, 0.15) is 53.5 Å². The molecular weight excluding hydrogens is 492 g/mol. The highest BCUT2D eigenvalue weighted by atomic mass is 32.2. The van der Waals surface area contributed by atoms with Gasteiger partial charge in [0, 0.05) is 0 Å². The summed E-state index contributed by atoms with van der Waals surface area (Å²) in [5.41, 5.74) is 2.10. The molecule has 0 aliphatic rings. The fourth-order valence-electron chi connectivity index (χ4n) is 5.18. The molecule has 0 aromatic heterocycles. The summed E-state index contributed by atoms with van der Waals surface area (Å²) in [7, 11) is -2.44. The van der Waals surface area contributed by atoms with Crippen LogP contribution in [0.25, 0.3) is 0 Å².